The second kappa shape index (κ2) is 5.30. The Morgan fingerprint density at radius 3 is 2.42 bits per heavy atom. The summed E-state index contributed by atoms with van der Waals surface area (Å²) in [5, 5.41) is 3.04. The fraction of sp³-hybridized carbons (Fsp3) is 0.318. The first kappa shape index (κ1) is 17.5. The third-order valence-electron chi connectivity index (χ3n) is 7.05. The van der Waals surface area contributed by atoms with E-state index in [9.17, 15) is 4.79 Å². The molecule has 2 N–H and O–H groups in total. The van der Waals surface area contributed by atoms with E-state index in [-0.39, 0.29) is 5.91 Å². The lowest BCUT2D eigenvalue weighted by Gasteiger charge is -2.53. The standard InChI is InChI=1S/C22H27NOSi2/c1-13-10-15-8-7-9-16(18(15)11-13)20-14(2)17(22(23)24)12-19-21(20)26(5,6)25(19,3)4/h7-10,12H,11H2,1-6H3,(H2,23,24). The van der Waals surface area contributed by atoms with Crippen LogP contribution in [0.5, 0.6) is 0 Å². The van der Waals surface area contributed by atoms with Gasteiger partial charge in [0.2, 0.25) is 5.91 Å². The number of nitrogens with two attached hydrogens (primary N) is 1. The van der Waals surface area contributed by atoms with Crippen LogP contribution in [0.2, 0.25) is 26.2 Å². The lowest BCUT2D eigenvalue weighted by molar-refractivity contribution is 0.1000. The van der Waals surface area contributed by atoms with Gasteiger partial charge in [-0.05, 0) is 48.1 Å². The van der Waals surface area contributed by atoms with Gasteiger partial charge in [0.05, 0.1) is 15.2 Å². The molecule has 0 radical (unpaired) electrons. The second-order valence-electron chi connectivity index (χ2n) is 9.00. The smallest absolute Gasteiger partial charge is 0.248 e. The van der Waals surface area contributed by atoms with Crippen LogP contribution in [0.15, 0.2) is 29.8 Å². The first-order valence-corrected chi connectivity index (χ1v) is 16.3. The molecule has 4 heteroatoms. The van der Waals surface area contributed by atoms with Crippen LogP contribution in [0, 0.1) is 6.92 Å². The molecule has 2 nitrogen and oxygen atoms in total. The Labute approximate surface area is 157 Å². The van der Waals surface area contributed by atoms with Crippen molar-refractivity contribution < 1.29 is 4.79 Å². The summed E-state index contributed by atoms with van der Waals surface area (Å²) in [5.41, 5.74) is 14.3. The maximum Gasteiger partial charge on any atom is 0.248 e. The molecule has 1 aliphatic carbocycles. The highest BCUT2D eigenvalue weighted by molar-refractivity contribution is 7.57. The molecule has 0 saturated heterocycles. The minimum Gasteiger partial charge on any atom is -0.366 e. The first-order chi connectivity index (χ1) is 12.1. The van der Waals surface area contributed by atoms with Gasteiger partial charge in [-0.15, -0.1) is 0 Å². The van der Waals surface area contributed by atoms with E-state index in [1.807, 2.05) is 0 Å². The Balaban J connectivity index is 2.09. The average molecular weight is 378 g/mol. The van der Waals surface area contributed by atoms with Gasteiger partial charge in [0, 0.05) is 5.56 Å². The zero-order valence-electron chi connectivity index (χ0n) is 16.6. The van der Waals surface area contributed by atoms with Gasteiger partial charge in [-0.25, -0.2) is 0 Å². The van der Waals surface area contributed by atoms with Gasteiger partial charge in [-0.3, -0.25) is 4.79 Å². The number of rotatable bonds is 2. The van der Waals surface area contributed by atoms with E-state index in [0.29, 0.717) is 5.56 Å². The molecule has 0 bridgehead atoms. The molecule has 0 atom stereocenters. The molecule has 134 valence electrons. The van der Waals surface area contributed by atoms with Gasteiger partial charge >= 0.3 is 0 Å². The van der Waals surface area contributed by atoms with Crippen molar-refractivity contribution in [3.05, 3.63) is 52.1 Å². The fourth-order valence-electron chi connectivity index (χ4n) is 4.87. The van der Waals surface area contributed by atoms with Gasteiger partial charge in [0.15, 0.2) is 0 Å². The molecule has 0 fully saturated rings. The topological polar surface area (TPSA) is 43.1 Å². The highest BCUT2D eigenvalue weighted by Gasteiger charge is 2.56. The SMILES string of the molecule is CC1=Cc2cccc(-c3c(C)c(C(N)=O)cc4c3[Si](C)(C)[Si]4(C)C)c2C1. The number of allylic oxidation sites excluding steroid dienone is 1. The largest absolute Gasteiger partial charge is 0.366 e. The highest BCUT2D eigenvalue weighted by atomic mass is 29.3. The zero-order valence-corrected chi connectivity index (χ0v) is 18.6. The third-order valence-corrected chi connectivity index (χ3v) is 24.9. The zero-order chi connectivity index (χ0) is 19.0. The second-order valence-corrected chi connectivity index (χ2v) is 24.0. The van der Waals surface area contributed by atoms with E-state index in [1.54, 1.807) is 5.19 Å². The normalized spacial score (nSPS) is 18.6. The molecule has 1 aliphatic heterocycles. The molecular weight excluding hydrogens is 350 g/mol. The minimum atomic E-state index is -1.50. The summed E-state index contributed by atoms with van der Waals surface area (Å²) in [6.07, 6.45) is 3.29. The minimum absolute atomic E-state index is 0.301. The molecule has 2 aliphatic rings. The Morgan fingerprint density at radius 2 is 1.77 bits per heavy atom. The van der Waals surface area contributed by atoms with E-state index in [4.69, 9.17) is 5.73 Å². The van der Waals surface area contributed by atoms with Crippen LogP contribution >= 0.6 is 0 Å². The van der Waals surface area contributed by atoms with Crippen molar-refractivity contribution >= 4 is 37.5 Å². The summed E-state index contributed by atoms with van der Waals surface area (Å²) < 4.78 is 0. The number of benzene rings is 2. The molecule has 0 unspecified atom stereocenters. The Kier molecular flexibility index (Phi) is 3.57. The highest BCUT2D eigenvalue weighted by Crippen LogP contribution is 2.39. The van der Waals surface area contributed by atoms with Gasteiger partial charge in [-0.2, -0.15) is 0 Å². The molecule has 1 amide bonds. The molecule has 4 rings (SSSR count). The van der Waals surface area contributed by atoms with E-state index >= 15 is 0 Å². The Hall–Kier alpha value is -1.92. The predicted octanol–water partition coefficient (Wildman–Crippen LogP) is 3.64. The molecular formula is C22H27NOSi2. The summed E-state index contributed by atoms with van der Waals surface area (Å²) >= 11 is 0. The quantitative estimate of drug-likeness (QED) is 0.798. The van der Waals surface area contributed by atoms with E-state index in [1.165, 1.54) is 33.0 Å². The van der Waals surface area contributed by atoms with Gasteiger partial charge < -0.3 is 5.73 Å². The van der Waals surface area contributed by atoms with E-state index in [2.05, 4.69) is 70.4 Å². The third kappa shape index (κ3) is 2.06. The van der Waals surface area contributed by atoms with Crippen molar-refractivity contribution in [2.24, 2.45) is 5.73 Å². The molecule has 2 aromatic carbocycles. The number of amides is 1. The summed E-state index contributed by atoms with van der Waals surface area (Å²) in [7, 11) is -2.98. The maximum absolute atomic E-state index is 12.2. The summed E-state index contributed by atoms with van der Waals surface area (Å²) in [6.45, 7) is 14.2. The van der Waals surface area contributed by atoms with Gasteiger partial charge in [0.1, 0.15) is 0 Å². The van der Waals surface area contributed by atoms with Crippen LogP contribution in [0.25, 0.3) is 17.2 Å². The van der Waals surface area contributed by atoms with Crippen molar-refractivity contribution in [2.75, 3.05) is 0 Å². The molecule has 2 aromatic rings. The number of primary amides is 1. The van der Waals surface area contributed by atoms with Gasteiger partial charge in [-0.1, -0.05) is 72.5 Å². The van der Waals surface area contributed by atoms with Crippen LogP contribution in [0.3, 0.4) is 0 Å². The molecule has 1 heterocycles. The van der Waals surface area contributed by atoms with E-state index < -0.39 is 15.2 Å². The lowest BCUT2D eigenvalue weighted by atomic mass is 9.90. The van der Waals surface area contributed by atoms with Crippen LogP contribution in [-0.4, -0.2) is 21.1 Å². The monoisotopic (exact) mass is 377 g/mol. The Morgan fingerprint density at radius 1 is 1.08 bits per heavy atom. The van der Waals surface area contributed by atoms with E-state index in [0.717, 1.165) is 12.0 Å². The van der Waals surface area contributed by atoms with Crippen LogP contribution in [0.1, 0.15) is 34.0 Å². The number of carbonyl (C=O) groups excluding carboxylic acids is 1. The van der Waals surface area contributed by atoms with Gasteiger partial charge in [0.25, 0.3) is 0 Å². The molecule has 0 saturated carbocycles. The average Bonchev–Trinajstić information content (AvgIpc) is 2.94. The number of carbonyl (C=O) groups is 1. The number of fused-ring (bicyclic) bond motifs is 2. The summed E-state index contributed by atoms with van der Waals surface area (Å²) in [6, 6.07) is 8.74. The summed E-state index contributed by atoms with van der Waals surface area (Å²) in [4.78, 5) is 12.2. The van der Waals surface area contributed by atoms with Crippen molar-refractivity contribution in [3.63, 3.8) is 0 Å². The van der Waals surface area contributed by atoms with Crippen molar-refractivity contribution in [3.8, 4) is 11.1 Å². The maximum atomic E-state index is 12.2. The molecule has 0 spiro atoms. The Bertz CT molecular complexity index is 1020. The predicted molar refractivity (Wildman–Crippen MR) is 117 cm³/mol. The molecule has 0 aromatic heterocycles. The molecule has 26 heavy (non-hydrogen) atoms. The number of hydrogen-bond donors (Lipinski definition) is 1. The van der Waals surface area contributed by atoms with Crippen LogP contribution in [-0.2, 0) is 6.42 Å². The first-order valence-electron chi connectivity index (χ1n) is 9.35. The van der Waals surface area contributed by atoms with Crippen molar-refractivity contribution in [1.82, 2.24) is 0 Å². The van der Waals surface area contributed by atoms with Crippen LogP contribution < -0.4 is 16.1 Å². The van der Waals surface area contributed by atoms with Crippen molar-refractivity contribution in [1.29, 1.82) is 0 Å². The van der Waals surface area contributed by atoms with Crippen molar-refractivity contribution in [2.45, 2.75) is 46.5 Å². The summed E-state index contributed by atoms with van der Waals surface area (Å²) in [5.74, 6) is -0.301. The number of hydrogen-bond acceptors (Lipinski definition) is 1. The lowest BCUT2D eigenvalue weighted by Crippen LogP contribution is -2.85. The fourth-order valence-corrected chi connectivity index (χ4v) is 15.4. The van der Waals surface area contributed by atoms with Crippen LogP contribution in [0.4, 0.5) is 0 Å².